The number of benzene rings is 2. The molecule has 0 aliphatic carbocycles. The number of nitrogens with zero attached hydrogens (tertiary/aromatic N) is 1. The summed E-state index contributed by atoms with van der Waals surface area (Å²) in [4.78, 5) is 34.8. The minimum atomic E-state index is -1.15. The number of hydrogen-bond donors (Lipinski definition) is 1. The summed E-state index contributed by atoms with van der Waals surface area (Å²) in [6.07, 6.45) is -1.15. The van der Waals surface area contributed by atoms with Gasteiger partial charge in [0.1, 0.15) is 0 Å². The second kappa shape index (κ2) is 8.16. The van der Waals surface area contributed by atoms with E-state index in [9.17, 15) is 19.7 Å². The zero-order valence-electron chi connectivity index (χ0n) is 13.8. The molecule has 2 aromatic rings. The summed E-state index contributed by atoms with van der Waals surface area (Å²) in [6.45, 7) is 2.82. The number of nitro benzene ring substituents is 1. The number of halogens is 2. The lowest BCUT2D eigenvalue weighted by molar-refractivity contribution is -0.385. The molecule has 0 fully saturated rings. The fourth-order valence-corrected chi connectivity index (χ4v) is 2.60. The minimum absolute atomic E-state index is 0.0170. The van der Waals surface area contributed by atoms with Gasteiger partial charge in [0, 0.05) is 16.7 Å². The van der Waals surface area contributed by atoms with Crippen LogP contribution in [0.2, 0.25) is 10.0 Å². The Morgan fingerprint density at radius 1 is 1.23 bits per heavy atom. The zero-order chi connectivity index (χ0) is 19.4. The molecule has 9 heteroatoms. The van der Waals surface area contributed by atoms with Crippen LogP contribution < -0.4 is 5.32 Å². The van der Waals surface area contributed by atoms with E-state index in [-0.39, 0.29) is 21.8 Å². The van der Waals surface area contributed by atoms with Crippen molar-refractivity contribution in [2.24, 2.45) is 0 Å². The number of rotatable bonds is 5. The summed E-state index contributed by atoms with van der Waals surface area (Å²) in [5.74, 6) is -1.44. The van der Waals surface area contributed by atoms with Crippen LogP contribution in [0.3, 0.4) is 0 Å². The Morgan fingerprint density at radius 2 is 1.92 bits per heavy atom. The molecule has 0 spiro atoms. The molecule has 0 aliphatic heterocycles. The molecule has 0 bridgehead atoms. The van der Waals surface area contributed by atoms with E-state index in [1.807, 2.05) is 0 Å². The summed E-state index contributed by atoms with van der Waals surface area (Å²) in [6, 6.07) is 8.58. The largest absolute Gasteiger partial charge is 0.449 e. The molecule has 2 rings (SSSR count). The molecule has 0 radical (unpaired) electrons. The number of nitro groups is 1. The van der Waals surface area contributed by atoms with Crippen molar-refractivity contribution in [2.45, 2.75) is 20.0 Å². The fraction of sp³-hybridized carbons (Fsp3) is 0.176. The molecule has 26 heavy (non-hydrogen) atoms. The maximum atomic E-state index is 12.3. The molecule has 136 valence electrons. The minimum Gasteiger partial charge on any atom is -0.449 e. The van der Waals surface area contributed by atoms with E-state index in [0.717, 1.165) is 0 Å². The van der Waals surface area contributed by atoms with Crippen molar-refractivity contribution >= 4 is 46.5 Å². The van der Waals surface area contributed by atoms with Crippen LogP contribution in [0.4, 0.5) is 11.4 Å². The lowest BCUT2D eigenvalue weighted by atomic mass is 10.1. The highest BCUT2D eigenvalue weighted by Crippen LogP contribution is 2.26. The molecule has 0 saturated heterocycles. The molecule has 1 amide bonds. The number of esters is 1. The van der Waals surface area contributed by atoms with E-state index in [2.05, 4.69) is 5.32 Å². The van der Waals surface area contributed by atoms with Crippen LogP contribution in [0.1, 0.15) is 22.8 Å². The van der Waals surface area contributed by atoms with Crippen molar-refractivity contribution < 1.29 is 19.2 Å². The van der Waals surface area contributed by atoms with Gasteiger partial charge >= 0.3 is 5.97 Å². The van der Waals surface area contributed by atoms with Gasteiger partial charge in [-0.3, -0.25) is 14.9 Å². The van der Waals surface area contributed by atoms with E-state index in [4.69, 9.17) is 27.9 Å². The molecule has 7 nitrogen and oxygen atoms in total. The second-order valence-electron chi connectivity index (χ2n) is 5.37. The zero-order valence-corrected chi connectivity index (χ0v) is 15.3. The van der Waals surface area contributed by atoms with Crippen LogP contribution in [-0.2, 0) is 9.53 Å². The normalized spacial score (nSPS) is 11.5. The Hall–Kier alpha value is -2.64. The molecule has 2 aromatic carbocycles. The number of nitrogens with one attached hydrogen (secondary N) is 1. The fourth-order valence-electron chi connectivity index (χ4n) is 2.15. The van der Waals surface area contributed by atoms with Crippen molar-refractivity contribution in [3.8, 4) is 0 Å². The van der Waals surface area contributed by atoms with Gasteiger partial charge in [-0.15, -0.1) is 0 Å². The first-order valence-electron chi connectivity index (χ1n) is 7.41. The van der Waals surface area contributed by atoms with Crippen LogP contribution >= 0.6 is 23.2 Å². The van der Waals surface area contributed by atoms with Crippen LogP contribution in [0.25, 0.3) is 0 Å². The maximum absolute atomic E-state index is 12.3. The second-order valence-corrected chi connectivity index (χ2v) is 6.21. The standard InChI is InChI=1S/C17H14Cl2N2O5/c1-9-12(4-3-5-15(9)21(24)25)17(23)26-10(2)16(22)20-14-7-6-11(18)8-13(14)19/h3-8,10H,1-2H3,(H,20,22). The van der Waals surface area contributed by atoms with Crippen LogP contribution in [0.5, 0.6) is 0 Å². The smallest absolute Gasteiger partial charge is 0.339 e. The summed E-state index contributed by atoms with van der Waals surface area (Å²) < 4.78 is 5.11. The average molecular weight is 397 g/mol. The summed E-state index contributed by atoms with van der Waals surface area (Å²) in [5, 5.41) is 14.1. The van der Waals surface area contributed by atoms with Gasteiger partial charge in [0.2, 0.25) is 0 Å². The molecule has 1 N–H and O–H groups in total. The predicted octanol–water partition coefficient (Wildman–Crippen LogP) is 4.39. The van der Waals surface area contributed by atoms with Crippen molar-refractivity contribution in [1.82, 2.24) is 0 Å². The number of hydrogen-bond acceptors (Lipinski definition) is 5. The number of ether oxygens (including phenoxy) is 1. The van der Waals surface area contributed by atoms with Gasteiger partial charge in [-0.2, -0.15) is 0 Å². The Bertz CT molecular complexity index is 885. The van der Waals surface area contributed by atoms with Gasteiger partial charge in [0.05, 0.1) is 21.2 Å². The molecule has 0 aromatic heterocycles. The first kappa shape index (κ1) is 19.7. The van der Waals surface area contributed by atoms with Gasteiger partial charge in [-0.1, -0.05) is 29.3 Å². The van der Waals surface area contributed by atoms with E-state index in [0.29, 0.717) is 10.7 Å². The third-order valence-electron chi connectivity index (χ3n) is 3.56. The van der Waals surface area contributed by atoms with Gasteiger partial charge in [0.25, 0.3) is 11.6 Å². The Balaban J connectivity index is 2.10. The van der Waals surface area contributed by atoms with Gasteiger partial charge < -0.3 is 10.1 Å². The highest BCUT2D eigenvalue weighted by molar-refractivity contribution is 6.36. The van der Waals surface area contributed by atoms with Crippen molar-refractivity contribution in [1.29, 1.82) is 0 Å². The average Bonchev–Trinajstić information content (AvgIpc) is 2.57. The third-order valence-corrected chi connectivity index (χ3v) is 4.11. The van der Waals surface area contributed by atoms with Crippen LogP contribution in [0.15, 0.2) is 36.4 Å². The Labute approximate surface area is 159 Å². The quantitative estimate of drug-likeness (QED) is 0.458. The topological polar surface area (TPSA) is 98.5 Å². The Kier molecular flexibility index (Phi) is 6.18. The van der Waals surface area contributed by atoms with Crippen LogP contribution in [0, 0.1) is 17.0 Å². The van der Waals surface area contributed by atoms with Gasteiger partial charge in [-0.05, 0) is 38.1 Å². The van der Waals surface area contributed by atoms with E-state index < -0.39 is 22.9 Å². The first-order chi connectivity index (χ1) is 12.2. The SMILES string of the molecule is Cc1c(C(=O)OC(C)C(=O)Nc2ccc(Cl)cc2Cl)cccc1[N+](=O)[O-]. The lowest BCUT2D eigenvalue weighted by Gasteiger charge is -2.15. The number of amides is 1. The molecule has 1 atom stereocenters. The van der Waals surface area contributed by atoms with Gasteiger partial charge in [-0.25, -0.2) is 4.79 Å². The molecule has 0 aliphatic rings. The van der Waals surface area contributed by atoms with E-state index >= 15 is 0 Å². The predicted molar refractivity (Wildman–Crippen MR) is 97.8 cm³/mol. The number of carbonyl (C=O) groups is 2. The molecule has 0 heterocycles. The van der Waals surface area contributed by atoms with E-state index in [1.165, 1.54) is 44.2 Å². The lowest BCUT2D eigenvalue weighted by Crippen LogP contribution is -2.30. The summed E-state index contributed by atoms with van der Waals surface area (Å²) in [7, 11) is 0. The van der Waals surface area contributed by atoms with Crippen molar-refractivity contribution in [3.63, 3.8) is 0 Å². The number of anilines is 1. The summed E-state index contributed by atoms with van der Waals surface area (Å²) >= 11 is 11.8. The van der Waals surface area contributed by atoms with E-state index in [1.54, 1.807) is 6.07 Å². The third kappa shape index (κ3) is 4.50. The van der Waals surface area contributed by atoms with Crippen molar-refractivity contribution in [3.05, 3.63) is 67.7 Å². The molecular weight excluding hydrogens is 383 g/mol. The first-order valence-corrected chi connectivity index (χ1v) is 8.17. The van der Waals surface area contributed by atoms with Gasteiger partial charge in [0.15, 0.2) is 6.10 Å². The highest BCUT2D eigenvalue weighted by Gasteiger charge is 2.23. The molecule has 1 unspecified atom stereocenters. The molecule has 0 saturated carbocycles. The monoisotopic (exact) mass is 396 g/mol. The maximum Gasteiger partial charge on any atom is 0.339 e. The summed E-state index contributed by atoms with van der Waals surface area (Å²) in [5.41, 5.74) is 0.291. The Morgan fingerprint density at radius 3 is 2.54 bits per heavy atom. The van der Waals surface area contributed by atoms with Crippen LogP contribution in [-0.4, -0.2) is 22.9 Å². The molecular formula is C17H14Cl2N2O5. The highest BCUT2D eigenvalue weighted by atomic mass is 35.5. The number of carbonyl (C=O) groups excluding carboxylic acids is 2. The van der Waals surface area contributed by atoms with Crippen molar-refractivity contribution in [2.75, 3.05) is 5.32 Å².